The fourth-order valence-electron chi connectivity index (χ4n) is 1.80. The Hall–Kier alpha value is -1.06. The minimum absolute atomic E-state index is 0.249. The van der Waals surface area contributed by atoms with Gasteiger partial charge in [-0.1, -0.05) is 13.8 Å². The number of carbonyl (C=O) groups is 2. The highest BCUT2D eigenvalue weighted by Gasteiger charge is 2.28. The molecule has 1 aliphatic heterocycles. The van der Waals surface area contributed by atoms with Gasteiger partial charge in [0.05, 0.1) is 0 Å². The second-order valence-corrected chi connectivity index (χ2v) is 4.20. The summed E-state index contributed by atoms with van der Waals surface area (Å²) in [4.78, 5) is 23.4. The SMILES string of the molecule is CC(C)C1CCN(C(=O)CC(=O)O)C1. The summed E-state index contributed by atoms with van der Waals surface area (Å²) in [5, 5.41) is 8.47. The molecule has 1 N–H and O–H groups in total. The lowest BCUT2D eigenvalue weighted by atomic mass is 9.95. The van der Waals surface area contributed by atoms with Crippen LogP contribution >= 0.6 is 0 Å². The average Bonchev–Trinajstić information content (AvgIpc) is 2.50. The van der Waals surface area contributed by atoms with Crippen LogP contribution in [-0.2, 0) is 9.59 Å². The van der Waals surface area contributed by atoms with E-state index in [1.165, 1.54) is 0 Å². The Kier molecular flexibility index (Phi) is 3.49. The molecule has 1 rings (SSSR count). The molecule has 1 saturated heterocycles. The maximum atomic E-state index is 11.4. The highest BCUT2D eigenvalue weighted by molar-refractivity contribution is 5.93. The van der Waals surface area contributed by atoms with Gasteiger partial charge in [0.1, 0.15) is 6.42 Å². The predicted octanol–water partition coefficient (Wildman–Crippen LogP) is 0.966. The van der Waals surface area contributed by atoms with Gasteiger partial charge in [-0.15, -0.1) is 0 Å². The minimum Gasteiger partial charge on any atom is -0.481 e. The number of hydrogen-bond donors (Lipinski definition) is 1. The molecular formula is C10H17NO3. The standard InChI is InChI=1S/C10H17NO3/c1-7(2)8-3-4-11(6-8)9(12)5-10(13)14/h7-8H,3-6H2,1-2H3,(H,13,14). The topological polar surface area (TPSA) is 57.6 Å². The molecule has 0 saturated carbocycles. The number of hydrogen-bond acceptors (Lipinski definition) is 2. The summed E-state index contributed by atoms with van der Waals surface area (Å²) in [7, 11) is 0. The Labute approximate surface area is 83.9 Å². The quantitative estimate of drug-likeness (QED) is 0.689. The second-order valence-electron chi connectivity index (χ2n) is 4.20. The van der Waals surface area contributed by atoms with E-state index < -0.39 is 5.97 Å². The van der Waals surface area contributed by atoms with E-state index in [4.69, 9.17) is 5.11 Å². The van der Waals surface area contributed by atoms with Crippen LogP contribution in [0.15, 0.2) is 0 Å². The average molecular weight is 199 g/mol. The van der Waals surface area contributed by atoms with E-state index in [1.807, 2.05) is 0 Å². The summed E-state index contributed by atoms with van der Waals surface area (Å²) < 4.78 is 0. The minimum atomic E-state index is -1.04. The lowest BCUT2D eigenvalue weighted by molar-refractivity contribution is -0.143. The molecule has 14 heavy (non-hydrogen) atoms. The normalized spacial score (nSPS) is 21.6. The van der Waals surface area contributed by atoms with Crippen molar-refractivity contribution in [2.24, 2.45) is 11.8 Å². The highest BCUT2D eigenvalue weighted by Crippen LogP contribution is 2.23. The van der Waals surface area contributed by atoms with E-state index in [0.717, 1.165) is 19.5 Å². The Morgan fingerprint density at radius 1 is 1.50 bits per heavy atom. The van der Waals surface area contributed by atoms with Gasteiger partial charge in [-0.2, -0.15) is 0 Å². The summed E-state index contributed by atoms with van der Waals surface area (Å²) in [5.74, 6) is -0.186. The number of carbonyl (C=O) groups excluding carboxylic acids is 1. The van der Waals surface area contributed by atoms with E-state index in [-0.39, 0.29) is 12.3 Å². The predicted molar refractivity (Wildman–Crippen MR) is 51.8 cm³/mol. The van der Waals surface area contributed by atoms with Crippen LogP contribution in [0.4, 0.5) is 0 Å². The van der Waals surface area contributed by atoms with Crippen molar-refractivity contribution in [2.45, 2.75) is 26.7 Å². The van der Waals surface area contributed by atoms with E-state index in [0.29, 0.717) is 11.8 Å². The largest absolute Gasteiger partial charge is 0.481 e. The van der Waals surface area contributed by atoms with Crippen molar-refractivity contribution in [3.8, 4) is 0 Å². The van der Waals surface area contributed by atoms with Crippen LogP contribution in [0, 0.1) is 11.8 Å². The first kappa shape index (κ1) is 11.0. The fraction of sp³-hybridized carbons (Fsp3) is 0.800. The zero-order valence-electron chi connectivity index (χ0n) is 8.69. The summed E-state index contributed by atoms with van der Waals surface area (Å²) in [6.45, 7) is 5.71. The first-order valence-electron chi connectivity index (χ1n) is 5.00. The number of rotatable bonds is 3. The smallest absolute Gasteiger partial charge is 0.312 e. The maximum Gasteiger partial charge on any atom is 0.312 e. The van der Waals surface area contributed by atoms with Gasteiger partial charge in [-0.05, 0) is 18.3 Å². The molecule has 1 heterocycles. The van der Waals surface area contributed by atoms with Crippen molar-refractivity contribution in [2.75, 3.05) is 13.1 Å². The molecule has 0 spiro atoms. The van der Waals surface area contributed by atoms with E-state index in [2.05, 4.69) is 13.8 Å². The number of carboxylic acids is 1. The number of aliphatic carboxylic acids is 1. The third kappa shape index (κ3) is 2.72. The van der Waals surface area contributed by atoms with Gasteiger partial charge >= 0.3 is 5.97 Å². The molecule has 4 heteroatoms. The van der Waals surface area contributed by atoms with E-state index >= 15 is 0 Å². The number of likely N-dealkylation sites (tertiary alicyclic amines) is 1. The maximum absolute atomic E-state index is 11.4. The molecule has 1 fully saturated rings. The molecule has 0 radical (unpaired) electrons. The van der Waals surface area contributed by atoms with Crippen molar-refractivity contribution in [1.82, 2.24) is 4.90 Å². The van der Waals surface area contributed by atoms with Crippen LogP contribution in [-0.4, -0.2) is 35.0 Å². The van der Waals surface area contributed by atoms with Crippen LogP contribution in [0.1, 0.15) is 26.7 Å². The van der Waals surface area contributed by atoms with Gasteiger partial charge in [0.2, 0.25) is 5.91 Å². The summed E-state index contributed by atoms with van der Waals surface area (Å²) in [6, 6.07) is 0. The molecule has 80 valence electrons. The van der Waals surface area contributed by atoms with Crippen LogP contribution < -0.4 is 0 Å². The Morgan fingerprint density at radius 3 is 2.57 bits per heavy atom. The molecule has 0 aromatic rings. The first-order valence-corrected chi connectivity index (χ1v) is 5.00. The van der Waals surface area contributed by atoms with Crippen molar-refractivity contribution in [3.63, 3.8) is 0 Å². The highest BCUT2D eigenvalue weighted by atomic mass is 16.4. The third-order valence-electron chi connectivity index (χ3n) is 2.82. The molecule has 1 unspecified atom stereocenters. The van der Waals surface area contributed by atoms with Crippen LogP contribution in [0.2, 0.25) is 0 Å². The molecular weight excluding hydrogens is 182 g/mol. The summed E-state index contributed by atoms with van der Waals surface area (Å²) in [6.07, 6.45) is 0.633. The molecule has 0 bridgehead atoms. The van der Waals surface area contributed by atoms with Crippen molar-refractivity contribution in [3.05, 3.63) is 0 Å². The Balaban J connectivity index is 2.41. The van der Waals surface area contributed by atoms with Gasteiger partial charge in [0.15, 0.2) is 0 Å². The Morgan fingerprint density at radius 2 is 2.14 bits per heavy atom. The number of carboxylic acid groups (broad SMARTS) is 1. The molecule has 1 amide bonds. The number of amides is 1. The van der Waals surface area contributed by atoms with Crippen molar-refractivity contribution in [1.29, 1.82) is 0 Å². The number of nitrogens with zero attached hydrogens (tertiary/aromatic N) is 1. The molecule has 0 aromatic heterocycles. The van der Waals surface area contributed by atoms with Crippen molar-refractivity contribution < 1.29 is 14.7 Å². The van der Waals surface area contributed by atoms with E-state index in [9.17, 15) is 9.59 Å². The molecule has 1 atom stereocenters. The molecule has 1 aliphatic rings. The van der Waals surface area contributed by atoms with Gasteiger partial charge < -0.3 is 10.0 Å². The van der Waals surface area contributed by atoms with Gasteiger partial charge in [-0.3, -0.25) is 9.59 Å². The first-order chi connectivity index (χ1) is 6.50. The molecule has 0 aliphatic carbocycles. The van der Waals surface area contributed by atoms with Crippen LogP contribution in [0.3, 0.4) is 0 Å². The van der Waals surface area contributed by atoms with Gasteiger partial charge in [-0.25, -0.2) is 0 Å². The molecule has 4 nitrogen and oxygen atoms in total. The third-order valence-corrected chi connectivity index (χ3v) is 2.82. The Bertz CT molecular complexity index is 238. The zero-order chi connectivity index (χ0) is 10.7. The summed E-state index contributed by atoms with van der Waals surface area (Å²) in [5.41, 5.74) is 0. The van der Waals surface area contributed by atoms with Crippen molar-refractivity contribution >= 4 is 11.9 Å². The van der Waals surface area contributed by atoms with Gasteiger partial charge in [0.25, 0.3) is 0 Å². The van der Waals surface area contributed by atoms with E-state index in [1.54, 1.807) is 4.90 Å². The molecule has 0 aromatic carbocycles. The lowest BCUT2D eigenvalue weighted by Gasteiger charge is -2.17. The van der Waals surface area contributed by atoms with Crippen LogP contribution in [0.5, 0.6) is 0 Å². The fourth-order valence-corrected chi connectivity index (χ4v) is 1.80. The second kappa shape index (κ2) is 4.44. The zero-order valence-corrected chi connectivity index (χ0v) is 8.69. The monoisotopic (exact) mass is 199 g/mol. The van der Waals surface area contributed by atoms with Crippen LogP contribution in [0.25, 0.3) is 0 Å². The summed E-state index contributed by atoms with van der Waals surface area (Å²) >= 11 is 0. The lowest BCUT2D eigenvalue weighted by Crippen LogP contribution is -2.30. The van der Waals surface area contributed by atoms with Gasteiger partial charge in [0, 0.05) is 13.1 Å².